The number of nitrogens with one attached hydrogen (secondary N) is 1. The molecule has 3 rings (SSSR count). The molecule has 0 spiro atoms. The van der Waals surface area contributed by atoms with Gasteiger partial charge in [-0.15, -0.1) is 0 Å². The fourth-order valence-electron chi connectivity index (χ4n) is 2.95. The summed E-state index contributed by atoms with van der Waals surface area (Å²) >= 11 is 0. The number of ether oxygens (including phenoxy) is 1. The van der Waals surface area contributed by atoms with Crippen LogP contribution in [0.1, 0.15) is 11.1 Å². The Labute approximate surface area is 137 Å². The monoisotopic (exact) mass is 315 g/mol. The normalized spacial score (nSPS) is 18.8. The van der Waals surface area contributed by atoms with Crippen LogP contribution in [0.25, 0.3) is 6.08 Å². The number of fused-ring (bicyclic) bond motifs is 1. The Morgan fingerprint density at radius 1 is 1.30 bits per heavy atom. The van der Waals surface area contributed by atoms with Gasteiger partial charge in [0.25, 0.3) is 0 Å². The average Bonchev–Trinajstić information content (AvgIpc) is 3.02. The predicted octanol–water partition coefficient (Wildman–Crippen LogP) is 0.998. The molecule has 1 aromatic rings. The molecule has 1 aromatic carbocycles. The van der Waals surface area contributed by atoms with E-state index >= 15 is 0 Å². The van der Waals surface area contributed by atoms with Crippen molar-refractivity contribution in [2.24, 2.45) is 0 Å². The molecule has 1 amide bonds. The van der Waals surface area contributed by atoms with Gasteiger partial charge < -0.3 is 15.0 Å². The molecule has 2 aliphatic heterocycles. The van der Waals surface area contributed by atoms with Crippen LogP contribution >= 0.6 is 0 Å². The molecular weight excluding hydrogens is 290 g/mol. The van der Waals surface area contributed by atoms with Crippen molar-refractivity contribution < 1.29 is 9.53 Å². The van der Waals surface area contributed by atoms with E-state index in [-0.39, 0.29) is 5.91 Å². The number of hydrogen-bond acceptors (Lipinski definition) is 4. The van der Waals surface area contributed by atoms with Gasteiger partial charge in [0.1, 0.15) is 5.75 Å². The number of likely N-dealkylation sites (N-methyl/N-ethyl adjacent to an activating group) is 1. The van der Waals surface area contributed by atoms with Crippen LogP contribution in [0.5, 0.6) is 5.75 Å². The molecule has 0 aliphatic carbocycles. The Morgan fingerprint density at radius 2 is 2.13 bits per heavy atom. The molecule has 5 nitrogen and oxygen atoms in total. The summed E-state index contributed by atoms with van der Waals surface area (Å²) in [6.45, 7) is 6.76. The Morgan fingerprint density at radius 3 is 2.96 bits per heavy atom. The molecule has 0 saturated carbocycles. The lowest BCUT2D eigenvalue weighted by Gasteiger charge is -2.32. The minimum atomic E-state index is -0.0316. The number of benzene rings is 1. The third-order valence-corrected chi connectivity index (χ3v) is 4.46. The van der Waals surface area contributed by atoms with Crippen molar-refractivity contribution >= 4 is 12.0 Å². The second-order valence-electron chi connectivity index (χ2n) is 6.23. The number of carbonyl (C=O) groups is 1. The lowest BCUT2D eigenvalue weighted by atomic mass is 10.1. The molecule has 0 unspecified atom stereocenters. The summed E-state index contributed by atoms with van der Waals surface area (Å²) in [4.78, 5) is 16.6. The molecule has 23 heavy (non-hydrogen) atoms. The van der Waals surface area contributed by atoms with Gasteiger partial charge in [0.05, 0.1) is 6.61 Å². The quantitative estimate of drug-likeness (QED) is 0.824. The first-order valence-corrected chi connectivity index (χ1v) is 8.33. The van der Waals surface area contributed by atoms with E-state index in [1.165, 1.54) is 5.56 Å². The van der Waals surface area contributed by atoms with E-state index in [0.29, 0.717) is 6.54 Å². The number of amides is 1. The third kappa shape index (κ3) is 4.56. The molecule has 2 heterocycles. The lowest BCUT2D eigenvalue weighted by molar-refractivity contribution is -0.116. The van der Waals surface area contributed by atoms with Gasteiger partial charge in [-0.2, -0.15) is 0 Å². The van der Waals surface area contributed by atoms with Gasteiger partial charge in [0.2, 0.25) is 5.91 Å². The highest BCUT2D eigenvalue weighted by atomic mass is 16.5. The zero-order valence-electron chi connectivity index (χ0n) is 13.8. The van der Waals surface area contributed by atoms with Crippen LogP contribution < -0.4 is 10.1 Å². The summed E-state index contributed by atoms with van der Waals surface area (Å²) < 4.78 is 5.49. The third-order valence-electron chi connectivity index (χ3n) is 4.46. The van der Waals surface area contributed by atoms with Crippen molar-refractivity contribution in [3.8, 4) is 5.75 Å². The highest BCUT2D eigenvalue weighted by Gasteiger charge is 2.13. The molecular formula is C18H25N3O2. The van der Waals surface area contributed by atoms with E-state index in [2.05, 4.69) is 28.2 Å². The highest BCUT2D eigenvalue weighted by molar-refractivity contribution is 5.91. The zero-order chi connectivity index (χ0) is 16.1. The molecule has 5 heteroatoms. The standard InChI is InChI=1S/C18H25N3O2/c1-20-9-11-21(12-10-20)8-7-19-18(22)5-3-15-2-4-17-16(14-15)6-13-23-17/h2-5,14H,6-13H2,1H3,(H,19,22)/b5-3+. The van der Waals surface area contributed by atoms with E-state index in [1.807, 2.05) is 18.2 Å². The molecule has 124 valence electrons. The van der Waals surface area contributed by atoms with Crippen molar-refractivity contribution in [2.75, 3.05) is 52.9 Å². The number of piperazine rings is 1. The number of hydrogen-bond donors (Lipinski definition) is 1. The smallest absolute Gasteiger partial charge is 0.244 e. The van der Waals surface area contributed by atoms with Gasteiger partial charge in [-0.1, -0.05) is 6.07 Å². The van der Waals surface area contributed by atoms with E-state index in [1.54, 1.807) is 6.08 Å². The van der Waals surface area contributed by atoms with Crippen molar-refractivity contribution in [3.63, 3.8) is 0 Å². The molecule has 0 radical (unpaired) electrons. The first kappa shape index (κ1) is 16.0. The van der Waals surface area contributed by atoms with Gasteiger partial charge in [0, 0.05) is 51.8 Å². The second-order valence-corrected chi connectivity index (χ2v) is 6.23. The fourth-order valence-corrected chi connectivity index (χ4v) is 2.95. The number of carbonyl (C=O) groups excluding carboxylic acids is 1. The van der Waals surface area contributed by atoms with Crippen LogP contribution in [0.3, 0.4) is 0 Å². The molecule has 1 saturated heterocycles. The Bertz CT molecular complexity index is 578. The summed E-state index contributed by atoms with van der Waals surface area (Å²) in [5, 5.41) is 2.96. The van der Waals surface area contributed by atoms with E-state index < -0.39 is 0 Å². The van der Waals surface area contributed by atoms with Gasteiger partial charge in [0.15, 0.2) is 0 Å². The Balaban J connectivity index is 1.40. The Kier molecular flexibility index (Phi) is 5.31. The highest BCUT2D eigenvalue weighted by Crippen LogP contribution is 2.26. The first-order valence-electron chi connectivity index (χ1n) is 8.33. The second kappa shape index (κ2) is 7.62. The van der Waals surface area contributed by atoms with Crippen LogP contribution in [-0.4, -0.2) is 68.6 Å². The summed E-state index contributed by atoms with van der Waals surface area (Å²) in [6, 6.07) is 6.06. The van der Waals surface area contributed by atoms with Crippen molar-refractivity contribution in [1.82, 2.24) is 15.1 Å². The van der Waals surface area contributed by atoms with Crippen LogP contribution in [0.15, 0.2) is 24.3 Å². The van der Waals surface area contributed by atoms with E-state index in [4.69, 9.17) is 4.74 Å². The van der Waals surface area contributed by atoms with Gasteiger partial charge in [-0.25, -0.2) is 0 Å². The zero-order valence-corrected chi connectivity index (χ0v) is 13.8. The number of nitrogens with zero attached hydrogens (tertiary/aromatic N) is 2. The van der Waals surface area contributed by atoms with E-state index in [0.717, 1.165) is 57.1 Å². The molecule has 0 atom stereocenters. The Hall–Kier alpha value is -1.85. The van der Waals surface area contributed by atoms with Gasteiger partial charge >= 0.3 is 0 Å². The maximum atomic E-state index is 11.9. The maximum Gasteiger partial charge on any atom is 0.244 e. The molecule has 1 fully saturated rings. The predicted molar refractivity (Wildman–Crippen MR) is 91.6 cm³/mol. The van der Waals surface area contributed by atoms with Crippen LogP contribution in [0.2, 0.25) is 0 Å². The summed E-state index contributed by atoms with van der Waals surface area (Å²) in [6.07, 6.45) is 4.43. The molecule has 0 aromatic heterocycles. The molecule has 1 N–H and O–H groups in total. The topological polar surface area (TPSA) is 44.8 Å². The summed E-state index contributed by atoms with van der Waals surface area (Å²) in [7, 11) is 2.15. The van der Waals surface area contributed by atoms with Gasteiger partial charge in [-0.05, 0) is 36.4 Å². The largest absolute Gasteiger partial charge is 0.493 e. The van der Waals surface area contributed by atoms with Crippen molar-refractivity contribution in [2.45, 2.75) is 6.42 Å². The van der Waals surface area contributed by atoms with Crippen molar-refractivity contribution in [1.29, 1.82) is 0 Å². The van der Waals surface area contributed by atoms with Crippen LogP contribution in [0.4, 0.5) is 0 Å². The lowest BCUT2D eigenvalue weighted by Crippen LogP contribution is -2.46. The summed E-state index contributed by atoms with van der Waals surface area (Å²) in [5.74, 6) is 0.939. The van der Waals surface area contributed by atoms with E-state index in [9.17, 15) is 4.79 Å². The summed E-state index contributed by atoms with van der Waals surface area (Å²) in [5.41, 5.74) is 2.27. The van der Waals surface area contributed by atoms with Crippen LogP contribution in [0, 0.1) is 0 Å². The van der Waals surface area contributed by atoms with Gasteiger partial charge in [-0.3, -0.25) is 9.69 Å². The minimum absolute atomic E-state index is 0.0316. The van der Waals surface area contributed by atoms with Crippen LogP contribution in [-0.2, 0) is 11.2 Å². The SMILES string of the molecule is CN1CCN(CCNC(=O)/C=C/c2ccc3c(c2)CCO3)CC1. The average molecular weight is 315 g/mol. The molecule has 0 bridgehead atoms. The number of rotatable bonds is 5. The molecule has 2 aliphatic rings. The first-order chi connectivity index (χ1) is 11.2. The minimum Gasteiger partial charge on any atom is -0.493 e. The van der Waals surface area contributed by atoms with Crippen molar-refractivity contribution in [3.05, 3.63) is 35.4 Å². The maximum absolute atomic E-state index is 11.9. The fraction of sp³-hybridized carbons (Fsp3) is 0.500.